The summed E-state index contributed by atoms with van der Waals surface area (Å²) in [6.07, 6.45) is 9.62. The Bertz CT molecular complexity index is 1400. The van der Waals surface area contributed by atoms with Crippen LogP contribution in [0, 0.1) is 11.3 Å². The van der Waals surface area contributed by atoms with Crippen LogP contribution in [0.2, 0.25) is 0 Å². The molecule has 216 valence electrons. The number of fused-ring (bicyclic) bond motifs is 3. The van der Waals surface area contributed by atoms with Gasteiger partial charge in [-0.2, -0.15) is 0 Å². The Morgan fingerprint density at radius 1 is 1.02 bits per heavy atom. The summed E-state index contributed by atoms with van der Waals surface area (Å²) in [5, 5.41) is 0. The van der Waals surface area contributed by atoms with E-state index in [0.717, 1.165) is 31.2 Å². The van der Waals surface area contributed by atoms with Gasteiger partial charge in [-0.05, 0) is 71.3 Å². The molecule has 0 radical (unpaired) electrons. The fraction of sp³-hybridized carbons (Fsp3) is 0.417. The Hall–Kier alpha value is -3.73. The van der Waals surface area contributed by atoms with Crippen LogP contribution in [0.25, 0.3) is 0 Å². The number of hydrogen-bond donors (Lipinski definition) is 1. The van der Waals surface area contributed by atoms with Gasteiger partial charge in [0.2, 0.25) is 11.7 Å². The number of ether oxygens (including phenoxy) is 1. The molecule has 5 nitrogen and oxygen atoms in total. The van der Waals surface area contributed by atoms with Crippen molar-refractivity contribution in [2.24, 2.45) is 17.1 Å². The zero-order valence-electron chi connectivity index (χ0n) is 25.0. The first-order valence-electron chi connectivity index (χ1n) is 14.6. The molecule has 0 aliphatic heterocycles. The molecule has 1 saturated carbocycles. The molecule has 3 aliphatic rings. The number of aryl methyl sites for hydroxylation is 1. The second-order valence-corrected chi connectivity index (χ2v) is 12.4. The number of benzene rings is 2. The number of methoxy groups -OCH3 is 1. The maximum absolute atomic E-state index is 12.2. The SMILES string of the molecule is C=CC(C1=CC(=O)C(OC)=CC1=O)c1ccccc1.CC(C)c1ccc2c(c1)CCC1C(C)(C(N)=O)CCCC21C. The molecule has 0 spiro atoms. The molecule has 1 fully saturated rings. The van der Waals surface area contributed by atoms with Gasteiger partial charge in [-0.15, -0.1) is 6.58 Å². The molecule has 2 aromatic carbocycles. The molecule has 0 heterocycles. The van der Waals surface area contributed by atoms with E-state index in [4.69, 9.17) is 10.5 Å². The van der Waals surface area contributed by atoms with Crippen LogP contribution in [0.15, 0.2) is 84.7 Å². The van der Waals surface area contributed by atoms with E-state index in [9.17, 15) is 14.4 Å². The summed E-state index contributed by atoms with van der Waals surface area (Å²) >= 11 is 0. The summed E-state index contributed by atoms with van der Waals surface area (Å²) in [5.41, 5.74) is 11.3. The van der Waals surface area contributed by atoms with E-state index < -0.39 is 0 Å². The Labute approximate surface area is 244 Å². The van der Waals surface area contributed by atoms with Crippen molar-refractivity contribution in [1.82, 2.24) is 0 Å². The molecule has 41 heavy (non-hydrogen) atoms. The number of ketones is 2. The highest BCUT2D eigenvalue weighted by Crippen LogP contribution is 2.57. The van der Waals surface area contributed by atoms with Crippen LogP contribution in [0.4, 0.5) is 0 Å². The molecule has 5 heteroatoms. The highest BCUT2D eigenvalue weighted by atomic mass is 16.5. The second-order valence-electron chi connectivity index (χ2n) is 12.4. The number of carbonyl (C=O) groups is 3. The number of amides is 1. The average molecular weight is 554 g/mol. The predicted molar refractivity (Wildman–Crippen MR) is 163 cm³/mol. The van der Waals surface area contributed by atoms with E-state index in [1.54, 1.807) is 6.08 Å². The number of primary amides is 1. The van der Waals surface area contributed by atoms with Crippen molar-refractivity contribution in [2.75, 3.05) is 7.11 Å². The molecule has 0 bridgehead atoms. The summed E-state index contributed by atoms with van der Waals surface area (Å²) in [6, 6.07) is 16.5. The number of carbonyl (C=O) groups excluding carboxylic acids is 3. The van der Waals surface area contributed by atoms with Crippen LogP contribution in [0.5, 0.6) is 0 Å². The van der Waals surface area contributed by atoms with Crippen molar-refractivity contribution in [3.05, 3.63) is 107 Å². The molecule has 1 amide bonds. The highest BCUT2D eigenvalue weighted by molar-refractivity contribution is 6.19. The van der Waals surface area contributed by atoms with Crippen LogP contribution in [0.1, 0.15) is 87.5 Å². The van der Waals surface area contributed by atoms with Gasteiger partial charge in [0.15, 0.2) is 11.5 Å². The van der Waals surface area contributed by atoms with Crippen LogP contribution in [0.3, 0.4) is 0 Å². The molecule has 2 N–H and O–H groups in total. The van der Waals surface area contributed by atoms with Gasteiger partial charge < -0.3 is 10.5 Å². The monoisotopic (exact) mass is 553 g/mol. The summed E-state index contributed by atoms with van der Waals surface area (Å²) < 4.78 is 4.86. The van der Waals surface area contributed by atoms with Crippen LogP contribution < -0.4 is 5.73 Å². The third kappa shape index (κ3) is 5.72. The lowest BCUT2D eigenvalue weighted by Crippen LogP contribution is -2.54. The van der Waals surface area contributed by atoms with Gasteiger partial charge in [-0.25, -0.2) is 0 Å². The third-order valence-electron chi connectivity index (χ3n) is 9.63. The van der Waals surface area contributed by atoms with Crippen LogP contribution in [-0.4, -0.2) is 24.6 Å². The lowest BCUT2D eigenvalue weighted by atomic mass is 9.49. The number of rotatable bonds is 6. The topological polar surface area (TPSA) is 86.5 Å². The number of allylic oxidation sites excluding steroid dienone is 4. The van der Waals surface area contributed by atoms with E-state index in [1.807, 2.05) is 30.3 Å². The lowest BCUT2D eigenvalue weighted by Gasteiger charge is -2.54. The zero-order valence-corrected chi connectivity index (χ0v) is 25.0. The highest BCUT2D eigenvalue weighted by Gasteiger charge is 2.54. The van der Waals surface area contributed by atoms with Gasteiger partial charge in [0.05, 0.1) is 7.11 Å². The number of nitrogens with two attached hydrogens (primary N) is 1. The van der Waals surface area contributed by atoms with Crippen LogP contribution >= 0.6 is 0 Å². The average Bonchev–Trinajstić information content (AvgIpc) is 2.95. The number of hydrogen-bond acceptors (Lipinski definition) is 4. The van der Waals surface area contributed by atoms with Crippen molar-refractivity contribution in [1.29, 1.82) is 0 Å². The second kappa shape index (κ2) is 12.0. The quantitative estimate of drug-likeness (QED) is 0.312. The molecular weight excluding hydrogens is 510 g/mol. The Morgan fingerprint density at radius 3 is 2.34 bits per heavy atom. The van der Waals surface area contributed by atoms with Gasteiger partial charge in [0.1, 0.15) is 0 Å². The first-order valence-corrected chi connectivity index (χ1v) is 14.6. The fourth-order valence-electron chi connectivity index (χ4n) is 7.23. The standard InChI is InChI=1S/C20H29NO.C16H14O3/c1-13(2)14-6-8-16-15(12-14)7-9-17-19(16,3)10-5-11-20(17,4)18(21)22;1-3-12(11-7-5-4-6-8-11)13-9-15(18)16(19-2)10-14(13)17/h6,8,12-13,17H,5,7,9-11H2,1-4H3,(H2,21,22);3-10,12H,1H2,2H3. The van der Waals surface area contributed by atoms with Crippen LogP contribution in [-0.2, 0) is 31.0 Å². The van der Waals surface area contributed by atoms with Gasteiger partial charge in [-0.1, -0.05) is 88.7 Å². The third-order valence-corrected chi connectivity index (χ3v) is 9.63. The van der Waals surface area contributed by atoms with E-state index in [2.05, 4.69) is 52.5 Å². The van der Waals surface area contributed by atoms with E-state index >= 15 is 0 Å². The molecule has 0 aromatic heterocycles. The van der Waals surface area contributed by atoms with Gasteiger partial charge in [0.25, 0.3) is 0 Å². The fourth-order valence-corrected chi connectivity index (χ4v) is 7.23. The summed E-state index contributed by atoms with van der Waals surface area (Å²) in [4.78, 5) is 36.0. The minimum Gasteiger partial charge on any atom is -0.493 e. The molecular formula is C36H43NO4. The lowest BCUT2D eigenvalue weighted by molar-refractivity contribution is -0.135. The minimum absolute atomic E-state index is 0.0737. The van der Waals surface area contributed by atoms with E-state index in [0.29, 0.717) is 17.4 Å². The molecule has 4 unspecified atom stereocenters. The smallest absolute Gasteiger partial charge is 0.223 e. The summed E-state index contributed by atoms with van der Waals surface area (Å²) in [5.74, 6) is 0.120. The van der Waals surface area contributed by atoms with Crippen molar-refractivity contribution >= 4 is 17.5 Å². The molecule has 3 aliphatic carbocycles. The van der Waals surface area contributed by atoms with Crippen molar-refractivity contribution in [3.63, 3.8) is 0 Å². The maximum atomic E-state index is 12.2. The Balaban J connectivity index is 0.000000191. The molecule has 2 aromatic rings. The Morgan fingerprint density at radius 2 is 1.73 bits per heavy atom. The minimum atomic E-state index is -0.346. The van der Waals surface area contributed by atoms with Gasteiger partial charge in [0, 0.05) is 23.0 Å². The molecule has 0 saturated heterocycles. The Kier molecular flexibility index (Phi) is 8.86. The first kappa shape index (κ1) is 30.2. The molecule has 4 atom stereocenters. The predicted octanol–water partition coefficient (Wildman–Crippen LogP) is 6.87. The largest absolute Gasteiger partial charge is 0.493 e. The normalized spacial score (nSPS) is 26.0. The maximum Gasteiger partial charge on any atom is 0.223 e. The van der Waals surface area contributed by atoms with Crippen molar-refractivity contribution in [2.45, 2.75) is 77.0 Å². The summed E-state index contributed by atoms with van der Waals surface area (Å²) in [7, 11) is 1.37. The van der Waals surface area contributed by atoms with E-state index in [-0.39, 0.29) is 40.0 Å². The first-order chi connectivity index (χ1) is 19.5. The zero-order chi connectivity index (χ0) is 29.9. The molecule has 5 rings (SSSR count). The van der Waals surface area contributed by atoms with Gasteiger partial charge in [-0.3, -0.25) is 14.4 Å². The van der Waals surface area contributed by atoms with Crippen molar-refractivity contribution < 1.29 is 19.1 Å². The van der Waals surface area contributed by atoms with E-state index in [1.165, 1.54) is 42.4 Å². The summed E-state index contributed by atoms with van der Waals surface area (Å²) in [6.45, 7) is 12.7. The van der Waals surface area contributed by atoms with Crippen molar-refractivity contribution in [3.8, 4) is 0 Å². The van der Waals surface area contributed by atoms with Gasteiger partial charge >= 0.3 is 0 Å².